The monoisotopic (exact) mass is 416 g/mol. The van der Waals surface area contributed by atoms with Crippen molar-refractivity contribution in [3.8, 4) is 0 Å². The van der Waals surface area contributed by atoms with Crippen LogP contribution in [0.2, 0.25) is 0 Å². The van der Waals surface area contributed by atoms with Gasteiger partial charge in [0.1, 0.15) is 0 Å². The molecule has 0 N–H and O–H groups in total. The second kappa shape index (κ2) is 12.5. The Labute approximate surface area is 184 Å². The molecule has 0 saturated heterocycles. The number of rotatable bonds is 12. The van der Waals surface area contributed by atoms with Crippen LogP contribution in [-0.2, 0) is 0 Å². The molecular formula is C29H37P. The summed E-state index contributed by atoms with van der Waals surface area (Å²) in [6.45, 7) is 2.28. The molecule has 0 nitrogen and oxygen atoms in total. The predicted molar refractivity (Wildman–Crippen MR) is 139 cm³/mol. The van der Waals surface area contributed by atoms with E-state index in [2.05, 4.69) is 110 Å². The van der Waals surface area contributed by atoms with Crippen molar-refractivity contribution < 1.29 is 0 Å². The Kier molecular flexibility index (Phi) is 9.39. The summed E-state index contributed by atoms with van der Waals surface area (Å²) < 4.78 is 0. The molecule has 0 heterocycles. The summed E-state index contributed by atoms with van der Waals surface area (Å²) in [4.78, 5) is 0. The minimum absolute atomic E-state index is 1.11. The third-order valence-corrected chi connectivity index (χ3v) is 10.9. The second-order valence-corrected chi connectivity index (χ2v) is 12.2. The van der Waals surface area contributed by atoms with E-state index in [9.17, 15) is 0 Å². The van der Waals surface area contributed by atoms with E-state index in [0.29, 0.717) is 0 Å². The van der Waals surface area contributed by atoms with Crippen LogP contribution >= 0.6 is 7.26 Å². The Morgan fingerprint density at radius 1 is 0.533 bits per heavy atom. The molecule has 0 aliphatic rings. The molecule has 0 bridgehead atoms. The van der Waals surface area contributed by atoms with Gasteiger partial charge in [-0.3, -0.25) is 0 Å². The van der Waals surface area contributed by atoms with E-state index in [0.717, 1.165) is 6.16 Å². The van der Waals surface area contributed by atoms with Gasteiger partial charge in [0.2, 0.25) is 0 Å². The Hall–Kier alpha value is -2.17. The average molecular weight is 417 g/mol. The van der Waals surface area contributed by atoms with Crippen molar-refractivity contribution in [2.24, 2.45) is 0 Å². The fourth-order valence-corrected chi connectivity index (χ4v) is 8.95. The summed E-state index contributed by atoms with van der Waals surface area (Å²) >= 11 is 0. The minimum atomic E-state index is -2.10. The van der Waals surface area contributed by atoms with Gasteiger partial charge >= 0.3 is 184 Å². The van der Waals surface area contributed by atoms with Gasteiger partial charge in [-0.2, -0.15) is 0 Å². The zero-order chi connectivity index (χ0) is 20.9. The zero-order valence-electron chi connectivity index (χ0n) is 18.5. The second-order valence-electron chi connectivity index (χ2n) is 8.24. The Balaban J connectivity index is 1.84. The molecule has 0 unspecified atom stereocenters. The first-order chi connectivity index (χ1) is 14.9. The van der Waals surface area contributed by atoms with Gasteiger partial charge in [-0.05, 0) is 0 Å². The van der Waals surface area contributed by atoms with Crippen LogP contribution < -0.4 is 15.9 Å². The third kappa shape index (κ3) is 5.93. The van der Waals surface area contributed by atoms with Crippen LogP contribution in [-0.4, -0.2) is 6.16 Å². The van der Waals surface area contributed by atoms with E-state index >= 15 is 0 Å². The van der Waals surface area contributed by atoms with Crippen LogP contribution in [0.3, 0.4) is 0 Å². The quantitative estimate of drug-likeness (QED) is 0.169. The molecule has 0 fully saturated rings. The fraction of sp³-hybridized carbons (Fsp3) is 0.310. The molecule has 1 heteroatoms. The molecule has 158 valence electrons. The van der Waals surface area contributed by atoms with Gasteiger partial charge in [0.05, 0.1) is 0 Å². The molecule has 0 aromatic heterocycles. The van der Waals surface area contributed by atoms with Crippen LogP contribution in [0.25, 0.3) is 0 Å². The van der Waals surface area contributed by atoms with Crippen LogP contribution in [0.4, 0.5) is 0 Å². The van der Waals surface area contributed by atoms with Gasteiger partial charge in [0, 0.05) is 0 Å². The van der Waals surface area contributed by atoms with Gasteiger partial charge in [0.15, 0.2) is 0 Å². The molecule has 30 heavy (non-hydrogen) atoms. The molecule has 0 atom stereocenters. The Morgan fingerprint density at radius 2 is 0.967 bits per heavy atom. The third-order valence-electron chi connectivity index (χ3n) is 6.11. The van der Waals surface area contributed by atoms with Gasteiger partial charge in [-0.25, -0.2) is 0 Å². The molecule has 3 aromatic rings. The van der Waals surface area contributed by atoms with E-state index in [1.165, 1.54) is 60.9 Å². The van der Waals surface area contributed by atoms with Gasteiger partial charge in [-0.15, -0.1) is 0 Å². The van der Waals surface area contributed by atoms with Gasteiger partial charge < -0.3 is 0 Å². The van der Waals surface area contributed by atoms with Crippen molar-refractivity contribution in [2.75, 3.05) is 6.16 Å². The van der Waals surface area contributed by atoms with Gasteiger partial charge in [0.25, 0.3) is 0 Å². The molecule has 0 aliphatic carbocycles. The summed E-state index contributed by atoms with van der Waals surface area (Å²) in [5.41, 5.74) is 0. The summed E-state index contributed by atoms with van der Waals surface area (Å²) in [5.74, 6) is 0. The normalized spacial score (nSPS) is 12.3. The molecule has 0 saturated carbocycles. The maximum absolute atomic E-state index is 2.48. The van der Waals surface area contributed by atoms with Gasteiger partial charge in [-0.1, -0.05) is 0 Å². The van der Waals surface area contributed by atoms with Crippen molar-refractivity contribution in [3.05, 3.63) is 103 Å². The number of hydrogen-bond donors (Lipinski definition) is 0. The Bertz CT molecular complexity index is 756. The van der Waals surface area contributed by atoms with Crippen molar-refractivity contribution in [1.29, 1.82) is 0 Å². The molecule has 0 amide bonds. The van der Waals surface area contributed by atoms with Crippen LogP contribution in [0.15, 0.2) is 103 Å². The molecular weight excluding hydrogens is 379 g/mol. The predicted octanol–water partition coefficient (Wildman–Crippen LogP) is 7.02. The standard InChI is InChI=1S/C29H37P/c1-2-3-4-5-6-7-8-9-19-26-30(27-20-13-10-14-21-27,28-22-15-11-16-23-28)29-24-17-12-18-25-29/h9-25,30H,2-8,26H2,1H3/b19-9-. The number of hydrogen-bond acceptors (Lipinski definition) is 0. The van der Waals surface area contributed by atoms with E-state index in [4.69, 9.17) is 0 Å². The average Bonchev–Trinajstić information content (AvgIpc) is 2.82. The van der Waals surface area contributed by atoms with Crippen molar-refractivity contribution in [2.45, 2.75) is 51.9 Å². The number of unbranched alkanes of at least 4 members (excludes halogenated alkanes) is 6. The topological polar surface area (TPSA) is 0 Å². The molecule has 0 spiro atoms. The first-order valence-electron chi connectivity index (χ1n) is 11.7. The molecule has 3 rings (SSSR count). The van der Waals surface area contributed by atoms with E-state index in [-0.39, 0.29) is 0 Å². The first-order valence-corrected chi connectivity index (χ1v) is 13.9. The summed E-state index contributed by atoms with van der Waals surface area (Å²) in [6, 6.07) is 33.6. The number of allylic oxidation sites excluding steroid dienone is 2. The van der Waals surface area contributed by atoms with Crippen LogP contribution in [0.1, 0.15) is 51.9 Å². The first kappa shape index (κ1) is 22.5. The SMILES string of the molecule is CCCCCCCC/C=C\C[PH](c1ccccc1)(c1ccccc1)c1ccccc1. The van der Waals surface area contributed by atoms with Crippen LogP contribution in [0, 0.1) is 0 Å². The van der Waals surface area contributed by atoms with E-state index < -0.39 is 7.26 Å². The molecule has 0 radical (unpaired) electrons. The van der Waals surface area contributed by atoms with E-state index in [1.807, 2.05) is 0 Å². The molecule has 3 aromatic carbocycles. The number of benzene rings is 3. The van der Waals surface area contributed by atoms with Crippen LogP contribution in [0.5, 0.6) is 0 Å². The van der Waals surface area contributed by atoms with Crippen molar-refractivity contribution in [1.82, 2.24) is 0 Å². The summed E-state index contributed by atoms with van der Waals surface area (Å²) in [7, 11) is -2.10. The fourth-order valence-electron chi connectivity index (χ4n) is 4.44. The summed E-state index contributed by atoms with van der Waals surface area (Å²) in [5, 5.41) is 4.48. The van der Waals surface area contributed by atoms with Crippen molar-refractivity contribution in [3.63, 3.8) is 0 Å². The summed E-state index contributed by atoms with van der Waals surface area (Å²) in [6.07, 6.45) is 15.4. The molecule has 0 aliphatic heterocycles. The Morgan fingerprint density at radius 3 is 1.43 bits per heavy atom. The maximum atomic E-state index is 2.48. The van der Waals surface area contributed by atoms with Crippen molar-refractivity contribution >= 4 is 23.2 Å². The van der Waals surface area contributed by atoms with E-state index in [1.54, 1.807) is 0 Å². The zero-order valence-corrected chi connectivity index (χ0v) is 19.5.